The number of hydrogen-bond acceptors (Lipinski definition) is 3. The standard InChI is InChI=1S/C81H52N6/c1-5-21-53(22-6-1)55-37-41-57(42-38-55)68-49-61(81-83-79(59-25-9-3-10-26-59)82-80(84-81)60-27-11-4-12-28-60)50-69(58-43-39-56(40-44-58)54-23-7-2-8-24-54)78(68)87-76-47-45-62(85-72-33-17-13-29-64(72)65-30-14-18-34-73(65)85)51-70(76)71-52-63(46-48-77(71)87)86-74-35-19-15-31-66(74)67-32-16-20-36-75(67)86/h1-52H. The van der Waals surface area contributed by atoms with Crippen LogP contribution in [0, 0.1) is 0 Å². The van der Waals surface area contributed by atoms with Crippen molar-refractivity contribution < 1.29 is 0 Å². The highest BCUT2D eigenvalue weighted by molar-refractivity contribution is 6.15. The first-order chi connectivity index (χ1) is 43.1. The van der Waals surface area contributed by atoms with Crippen LogP contribution in [0.2, 0.25) is 0 Å². The molecule has 0 saturated carbocycles. The number of fused-ring (bicyclic) bond motifs is 9. The number of benzene rings is 13. The van der Waals surface area contributed by atoms with E-state index in [0.717, 1.165) is 122 Å². The smallest absolute Gasteiger partial charge is 0.164 e. The topological polar surface area (TPSA) is 53.5 Å². The number of rotatable bonds is 10. The van der Waals surface area contributed by atoms with Crippen LogP contribution in [0.1, 0.15) is 0 Å². The molecular formula is C81H52N6. The maximum atomic E-state index is 5.39. The van der Waals surface area contributed by atoms with E-state index in [1.807, 2.05) is 36.4 Å². The summed E-state index contributed by atoms with van der Waals surface area (Å²) >= 11 is 0. The van der Waals surface area contributed by atoms with Gasteiger partial charge in [0.05, 0.1) is 38.8 Å². The second-order valence-corrected chi connectivity index (χ2v) is 22.3. The Hall–Kier alpha value is -11.7. The van der Waals surface area contributed by atoms with Gasteiger partial charge in [-0.05, 0) is 106 Å². The lowest BCUT2D eigenvalue weighted by Crippen LogP contribution is -2.04. The Bertz CT molecular complexity index is 5030. The second kappa shape index (κ2) is 20.6. The zero-order chi connectivity index (χ0) is 57.4. The quantitative estimate of drug-likeness (QED) is 0.137. The van der Waals surface area contributed by atoms with E-state index in [-0.39, 0.29) is 0 Å². The van der Waals surface area contributed by atoms with Crippen molar-refractivity contribution in [1.29, 1.82) is 0 Å². The van der Waals surface area contributed by atoms with Gasteiger partial charge in [0.1, 0.15) is 0 Å². The van der Waals surface area contributed by atoms with Crippen LogP contribution in [0.5, 0.6) is 0 Å². The van der Waals surface area contributed by atoms with Gasteiger partial charge in [-0.1, -0.05) is 243 Å². The zero-order valence-corrected chi connectivity index (χ0v) is 47.2. The Morgan fingerprint density at radius 1 is 0.184 bits per heavy atom. The van der Waals surface area contributed by atoms with Gasteiger partial charge in [-0.15, -0.1) is 0 Å². The molecule has 0 bridgehead atoms. The SMILES string of the molecule is c1ccc(-c2ccc(-c3cc(-c4nc(-c5ccccc5)nc(-c5ccccc5)n4)cc(-c4ccc(-c5ccccc5)cc4)c3-n3c4ccc(-n5c6ccccc6c6ccccc65)cc4c4cc(-n5c6ccccc6c6ccccc65)ccc43)cc2)cc1. The molecule has 0 N–H and O–H groups in total. The van der Waals surface area contributed by atoms with E-state index < -0.39 is 0 Å². The largest absolute Gasteiger partial charge is 0.309 e. The van der Waals surface area contributed by atoms with Crippen LogP contribution in [0.25, 0.3) is 161 Å². The summed E-state index contributed by atoms with van der Waals surface area (Å²) in [5, 5.41) is 7.15. The van der Waals surface area contributed by atoms with E-state index >= 15 is 0 Å². The molecule has 13 aromatic carbocycles. The molecule has 0 atom stereocenters. The number of aromatic nitrogens is 6. The Balaban J connectivity index is 0.992. The predicted octanol–water partition coefficient (Wildman–Crippen LogP) is 20.8. The Kier molecular flexibility index (Phi) is 11.8. The van der Waals surface area contributed by atoms with Crippen molar-refractivity contribution in [3.05, 3.63) is 315 Å². The highest BCUT2D eigenvalue weighted by Crippen LogP contribution is 2.46. The van der Waals surface area contributed by atoms with Crippen molar-refractivity contribution in [3.63, 3.8) is 0 Å². The van der Waals surface area contributed by atoms with E-state index in [1.165, 1.54) is 21.5 Å². The predicted molar refractivity (Wildman–Crippen MR) is 361 cm³/mol. The Labute approximate surface area is 502 Å². The maximum Gasteiger partial charge on any atom is 0.164 e. The number of nitrogens with zero attached hydrogens (tertiary/aromatic N) is 6. The van der Waals surface area contributed by atoms with Crippen LogP contribution in [-0.2, 0) is 0 Å². The van der Waals surface area contributed by atoms with Gasteiger partial charge in [-0.25, -0.2) is 15.0 Å². The monoisotopic (exact) mass is 1110 g/mol. The van der Waals surface area contributed by atoms with Gasteiger partial charge in [0.15, 0.2) is 17.5 Å². The summed E-state index contributed by atoms with van der Waals surface area (Å²) in [6.07, 6.45) is 0. The normalized spacial score (nSPS) is 11.7. The summed E-state index contributed by atoms with van der Waals surface area (Å²) in [7, 11) is 0. The molecule has 0 aliphatic carbocycles. The summed E-state index contributed by atoms with van der Waals surface area (Å²) in [5.74, 6) is 1.78. The van der Waals surface area contributed by atoms with E-state index in [9.17, 15) is 0 Å². The second-order valence-electron chi connectivity index (χ2n) is 22.3. The van der Waals surface area contributed by atoms with Crippen LogP contribution in [-0.4, -0.2) is 28.7 Å². The van der Waals surface area contributed by atoms with Crippen molar-refractivity contribution in [2.45, 2.75) is 0 Å². The van der Waals surface area contributed by atoms with Gasteiger partial charge in [-0.2, -0.15) is 0 Å². The Morgan fingerprint density at radius 3 is 0.816 bits per heavy atom. The molecule has 0 aliphatic heterocycles. The fourth-order valence-electron chi connectivity index (χ4n) is 13.2. The first kappa shape index (κ1) is 49.8. The van der Waals surface area contributed by atoms with Gasteiger partial charge in [-0.3, -0.25) is 0 Å². The van der Waals surface area contributed by atoms with Gasteiger partial charge >= 0.3 is 0 Å². The average Bonchev–Trinajstić information content (AvgIpc) is 1.80. The molecular weight excluding hydrogens is 1060 g/mol. The fraction of sp³-hybridized carbons (Fsp3) is 0. The van der Waals surface area contributed by atoms with E-state index in [1.54, 1.807) is 0 Å². The van der Waals surface area contributed by atoms with E-state index in [2.05, 4.69) is 293 Å². The molecule has 17 rings (SSSR count). The van der Waals surface area contributed by atoms with E-state index in [0.29, 0.717) is 17.5 Å². The summed E-state index contributed by atoms with van der Waals surface area (Å²) in [4.78, 5) is 15.9. The number of para-hydroxylation sites is 4. The fourth-order valence-corrected chi connectivity index (χ4v) is 13.2. The Morgan fingerprint density at radius 2 is 0.460 bits per heavy atom. The molecule has 0 fully saturated rings. The van der Waals surface area contributed by atoms with E-state index in [4.69, 9.17) is 15.0 Å². The third-order valence-electron chi connectivity index (χ3n) is 17.3. The van der Waals surface area contributed by atoms with Crippen molar-refractivity contribution in [2.24, 2.45) is 0 Å². The molecule has 17 aromatic rings. The summed E-state index contributed by atoms with van der Waals surface area (Å²) in [6, 6.07) is 114. The van der Waals surface area contributed by atoms with Crippen LogP contribution >= 0.6 is 0 Å². The van der Waals surface area contributed by atoms with Crippen LogP contribution < -0.4 is 0 Å². The first-order valence-electron chi connectivity index (χ1n) is 29.6. The molecule has 6 nitrogen and oxygen atoms in total. The molecule has 0 amide bonds. The van der Waals surface area contributed by atoms with Crippen LogP contribution in [0.4, 0.5) is 0 Å². The minimum absolute atomic E-state index is 0.576. The van der Waals surface area contributed by atoms with Crippen molar-refractivity contribution in [2.75, 3.05) is 0 Å². The van der Waals surface area contributed by atoms with Crippen molar-refractivity contribution in [1.82, 2.24) is 28.7 Å². The molecule has 4 aromatic heterocycles. The third-order valence-corrected chi connectivity index (χ3v) is 17.3. The zero-order valence-electron chi connectivity index (χ0n) is 47.2. The third kappa shape index (κ3) is 8.45. The highest BCUT2D eigenvalue weighted by atomic mass is 15.0. The van der Waals surface area contributed by atoms with Crippen LogP contribution in [0.15, 0.2) is 315 Å². The lowest BCUT2D eigenvalue weighted by Gasteiger charge is -2.22. The first-order valence-corrected chi connectivity index (χ1v) is 29.6. The van der Waals surface area contributed by atoms with Crippen molar-refractivity contribution in [3.8, 4) is 95.7 Å². The summed E-state index contributed by atoms with van der Waals surface area (Å²) in [5.41, 5.74) is 21.4. The minimum Gasteiger partial charge on any atom is -0.309 e. The van der Waals surface area contributed by atoms with Gasteiger partial charge in [0, 0.05) is 71.5 Å². The number of hydrogen-bond donors (Lipinski definition) is 0. The molecule has 0 aliphatic rings. The van der Waals surface area contributed by atoms with Gasteiger partial charge < -0.3 is 13.7 Å². The average molecular weight is 1110 g/mol. The molecule has 0 spiro atoms. The molecule has 4 heterocycles. The minimum atomic E-state index is 0.576. The van der Waals surface area contributed by atoms with Crippen molar-refractivity contribution >= 4 is 65.4 Å². The highest BCUT2D eigenvalue weighted by Gasteiger charge is 2.26. The molecule has 87 heavy (non-hydrogen) atoms. The molecule has 6 heteroatoms. The molecule has 0 unspecified atom stereocenters. The lowest BCUT2D eigenvalue weighted by atomic mass is 9.91. The lowest BCUT2D eigenvalue weighted by molar-refractivity contribution is 1.07. The maximum absolute atomic E-state index is 5.39. The molecule has 406 valence electrons. The molecule has 0 saturated heterocycles. The molecule has 0 radical (unpaired) electrons. The summed E-state index contributed by atoms with van der Waals surface area (Å²) in [6.45, 7) is 0. The summed E-state index contributed by atoms with van der Waals surface area (Å²) < 4.78 is 7.39. The van der Waals surface area contributed by atoms with Gasteiger partial charge in [0.25, 0.3) is 0 Å². The van der Waals surface area contributed by atoms with Crippen LogP contribution in [0.3, 0.4) is 0 Å². The van der Waals surface area contributed by atoms with Gasteiger partial charge in [0.2, 0.25) is 0 Å².